The first-order chi connectivity index (χ1) is 8.97. The van der Waals surface area contributed by atoms with Crippen molar-refractivity contribution in [3.05, 3.63) is 17.7 Å². The van der Waals surface area contributed by atoms with Crippen LogP contribution in [0.2, 0.25) is 0 Å². The van der Waals surface area contributed by atoms with Gasteiger partial charge in [0.05, 0.1) is 21.3 Å². The molecule has 0 bridgehead atoms. The van der Waals surface area contributed by atoms with E-state index in [1.165, 1.54) is 0 Å². The molecule has 0 unspecified atom stereocenters. The van der Waals surface area contributed by atoms with E-state index in [-0.39, 0.29) is 5.41 Å². The van der Waals surface area contributed by atoms with Crippen molar-refractivity contribution < 1.29 is 14.2 Å². The second-order valence-electron chi connectivity index (χ2n) is 5.41. The highest BCUT2D eigenvalue weighted by molar-refractivity contribution is 5.54. The molecule has 0 aliphatic heterocycles. The fourth-order valence-electron chi connectivity index (χ4n) is 2.27. The summed E-state index contributed by atoms with van der Waals surface area (Å²) >= 11 is 0. The third kappa shape index (κ3) is 4.03. The first kappa shape index (κ1) is 15.6. The molecule has 0 spiro atoms. The van der Waals surface area contributed by atoms with Gasteiger partial charge < -0.3 is 19.9 Å². The molecule has 108 valence electrons. The van der Waals surface area contributed by atoms with Gasteiger partial charge in [-0.3, -0.25) is 0 Å². The highest BCUT2D eigenvalue weighted by atomic mass is 16.5. The second-order valence-corrected chi connectivity index (χ2v) is 5.41. The minimum Gasteiger partial charge on any atom is -0.493 e. The lowest BCUT2D eigenvalue weighted by Crippen LogP contribution is -2.19. The SMILES string of the molecule is COc1cc(CC(C)(C)CCN)cc(OC)c1OC. The Kier molecular flexibility index (Phi) is 5.48. The standard InChI is InChI=1S/C15H25NO3/c1-15(2,6-7-16)10-11-8-12(17-3)14(19-5)13(9-11)18-4/h8-9H,6-7,10,16H2,1-5H3. The molecule has 0 atom stereocenters. The van der Waals surface area contributed by atoms with Gasteiger partial charge >= 0.3 is 0 Å². The Morgan fingerprint density at radius 2 is 1.53 bits per heavy atom. The van der Waals surface area contributed by atoms with Crippen molar-refractivity contribution in [3.8, 4) is 17.2 Å². The third-order valence-electron chi connectivity index (χ3n) is 3.23. The van der Waals surface area contributed by atoms with Gasteiger partial charge in [-0.25, -0.2) is 0 Å². The summed E-state index contributed by atoms with van der Waals surface area (Å²) < 4.78 is 16.0. The molecular formula is C15H25NO3. The van der Waals surface area contributed by atoms with Crippen LogP contribution >= 0.6 is 0 Å². The van der Waals surface area contributed by atoms with Crippen LogP contribution < -0.4 is 19.9 Å². The zero-order valence-corrected chi connectivity index (χ0v) is 12.6. The summed E-state index contributed by atoms with van der Waals surface area (Å²) in [6.45, 7) is 5.11. The minimum absolute atomic E-state index is 0.152. The van der Waals surface area contributed by atoms with Gasteiger partial charge in [0, 0.05) is 0 Å². The molecule has 0 saturated carbocycles. The second kappa shape index (κ2) is 6.66. The summed E-state index contributed by atoms with van der Waals surface area (Å²) in [4.78, 5) is 0. The highest BCUT2D eigenvalue weighted by Gasteiger charge is 2.20. The molecule has 0 aromatic heterocycles. The lowest BCUT2D eigenvalue weighted by molar-refractivity contribution is 0.317. The number of methoxy groups -OCH3 is 3. The van der Waals surface area contributed by atoms with Crippen LogP contribution in [0, 0.1) is 5.41 Å². The first-order valence-corrected chi connectivity index (χ1v) is 6.46. The molecule has 1 rings (SSSR count). The van der Waals surface area contributed by atoms with E-state index in [0.717, 1.165) is 18.4 Å². The van der Waals surface area contributed by atoms with Crippen LogP contribution in [0.1, 0.15) is 25.8 Å². The molecule has 19 heavy (non-hydrogen) atoms. The maximum absolute atomic E-state index is 5.66. The predicted octanol–water partition coefficient (Wildman–Crippen LogP) is 2.63. The molecule has 0 saturated heterocycles. The van der Waals surface area contributed by atoms with Crippen molar-refractivity contribution in [3.63, 3.8) is 0 Å². The maximum Gasteiger partial charge on any atom is 0.203 e. The van der Waals surface area contributed by atoms with Gasteiger partial charge in [0.25, 0.3) is 0 Å². The number of nitrogens with two attached hydrogens (primary N) is 1. The summed E-state index contributed by atoms with van der Waals surface area (Å²) in [7, 11) is 4.87. The van der Waals surface area contributed by atoms with E-state index in [4.69, 9.17) is 19.9 Å². The van der Waals surface area contributed by atoms with Crippen LogP contribution in [0.25, 0.3) is 0 Å². The molecule has 0 radical (unpaired) electrons. The van der Waals surface area contributed by atoms with Gasteiger partial charge in [0.1, 0.15) is 0 Å². The van der Waals surface area contributed by atoms with Gasteiger partial charge in [-0.1, -0.05) is 13.8 Å². The quantitative estimate of drug-likeness (QED) is 0.825. The zero-order valence-electron chi connectivity index (χ0n) is 12.6. The molecule has 4 nitrogen and oxygen atoms in total. The van der Waals surface area contributed by atoms with E-state index in [9.17, 15) is 0 Å². The Hall–Kier alpha value is -1.42. The van der Waals surface area contributed by atoms with E-state index in [2.05, 4.69) is 13.8 Å². The average molecular weight is 267 g/mol. The number of hydrogen-bond donors (Lipinski definition) is 1. The predicted molar refractivity (Wildman–Crippen MR) is 77.3 cm³/mol. The van der Waals surface area contributed by atoms with Crippen LogP contribution in [0.4, 0.5) is 0 Å². The van der Waals surface area contributed by atoms with Crippen LogP contribution in [-0.2, 0) is 6.42 Å². The largest absolute Gasteiger partial charge is 0.493 e. The van der Waals surface area contributed by atoms with Crippen molar-refractivity contribution >= 4 is 0 Å². The van der Waals surface area contributed by atoms with Crippen LogP contribution in [0.15, 0.2) is 12.1 Å². The average Bonchev–Trinajstić information content (AvgIpc) is 2.36. The van der Waals surface area contributed by atoms with Gasteiger partial charge in [-0.2, -0.15) is 0 Å². The monoisotopic (exact) mass is 267 g/mol. The lowest BCUT2D eigenvalue weighted by Gasteiger charge is -2.24. The normalized spacial score (nSPS) is 11.3. The van der Waals surface area contributed by atoms with Crippen molar-refractivity contribution in [1.82, 2.24) is 0 Å². The Morgan fingerprint density at radius 1 is 1.00 bits per heavy atom. The Morgan fingerprint density at radius 3 is 1.89 bits per heavy atom. The molecular weight excluding hydrogens is 242 g/mol. The lowest BCUT2D eigenvalue weighted by atomic mass is 9.82. The Balaban J connectivity index is 3.09. The molecule has 1 aromatic rings. The smallest absolute Gasteiger partial charge is 0.203 e. The van der Waals surface area contributed by atoms with Crippen molar-refractivity contribution in [2.75, 3.05) is 27.9 Å². The third-order valence-corrected chi connectivity index (χ3v) is 3.23. The molecule has 0 aliphatic rings. The summed E-state index contributed by atoms with van der Waals surface area (Å²) in [6.07, 6.45) is 1.89. The van der Waals surface area contributed by atoms with E-state index >= 15 is 0 Å². The van der Waals surface area contributed by atoms with Gasteiger partial charge in [-0.15, -0.1) is 0 Å². The molecule has 0 fully saturated rings. The Bertz CT molecular complexity index is 391. The molecule has 0 aliphatic carbocycles. The van der Waals surface area contributed by atoms with Crippen LogP contribution in [0.5, 0.6) is 17.2 Å². The topological polar surface area (TPSA) is 53.7 Å². The van der Waals surface area contributed by atoms with Crippen molar-refractivity contribution in [2.45, 2.75) is 26.7 Å². The summed E-state index contributed by atoms with van der Waals surface area (Å²) in [5.41, 5.74) is 6.97. The van der Waals surface area contributed by atoms with E-state index < -0.39 is 0 Å². The summed E-state index contributed by atoms with van der Waals surface area (Å²) in [5, 5.41) is 0. The number of benzene rings is 1. The molecule has 1 aromatic carbocycles. The minimum atomic E-state index is 0.152. The van der Waals surface area contributed by atoms with E-state index in [1.54, 1.807) is 21.3 Å². The van der Waals surface area contributed by atoms with E-state index in [1.807, 2.05) is 12.1 Å². The first-order valence-electron chi connectivity index (χ1n) is 6.46. The molecule has 0 amide bonds. The molecule has 2 N–H and O–H groups in total. The summed E-state index contributed by atoms with van der Waals surface area (Å²) in [6, 6.07) is 4.00. The fourth-order valence-corrected chi connectivity index (χ4v) is 2.27. The molecule has 4 heteroatoms. The van der Waals surface area contributed by atoms with Crippen molar-refractivity contribution in [1.29, 1.82) is 0 Å². The highest BCUT2D eigenvalue weighted by Crippen LogP contribution is 2.39. The summed E-state index contributed by atoms with van der Waals surface area (Å²) in [5.74, 6) is 2.02. The Labute approximate surface area is 115 Å². The van der Waals surface area contributed by atoms with Gasteiger partial charge in [0.15, 0.2) is 11.5 Å². The van der Waals surface area contributed by atoms with Crippen LogP contribution in [-0.4, -0.2) is 27.9 Å². The molecule has 0 heterocycles. The zero-order chi connectivity index (χ0) is 14.5. The fraction of sp³-hybridized carbons (Fsp3) is 0.600. The number of ether oxygens (including phenoxy) is 3. The number of hydrogen-bond acceptors (Lipinski definition) is 4. The van der Waals surface area contributed by atoms with Crippen LogP contribution in [0.3, 0.4) is 0 Å². The van der Waals surface area contributed by atoms with Crippen molar-refractivity contribution in [2.24, 2.45) is 11.1 Å². The maximum atomic E-state index is 5.66. The van der Waals surface area contributed by atoms with E-state index in [0.29, 0.717) is 23.8 Å². The van der Waals surface area contributed by atoms with Gasteiger partial charge in [-0.05, 0) is 42.5 Å². The van der Waals surface area contributed by atoms with Gasteiger partial charge in [0.2, 0.25) is 5.75 Å². The number of rotatable bonds is 7.